The number of methoxy groups -OCH3 is 1. The number of aryl methyl sites for hydroxylation is 1. The minimum atomic E-state index is -1.07. The first-order valence-electron chi connectivity index (χ1n) is 5.80. The van der Waals surface area contributed by atoms with Crippen LogP contribution in [0.3, 0.4) is 0 Å². The average Bonchev–Trinajstić information content (AvgIpc) is 2.37. The number of amides is 2. The SMILES string of the molecule is COCCN(C)C(=O)Nc1ccc(C)cc1C(=O)O. The van der Waals surface area contributed by atoms with Gasteiger partial charge in [0.2, 0.25) is 0 Å². The van der Waals surface area contributed by atoms with Crippen LogP contribution in [-0.2, 0) is 4.74 Å². The van der Waals surface area contributed by atoms with Crippen molar-refractivity contribution in [2.45, 2.75) is 6.92 Å². The third-order valence-electron chi connectivity index (χ3n) is 2.62. The zero-order valence-electron chi connectivity index (χ0n) is 11.3. The number of carboxylic acid groups (broad SMARTS) is 1. The highest BCUT2D eigenvalue weighted by molar-refractivity contribution is 6.00. The second kappa shape index (κ2) is 6.75. The molecule has 0 fully saturated rings. The highest BCUT2D eigenvalue weighted by Crippen LogP contribution is 2.17. The number of carbonyl (C=O) groups excluding carboxylic acids is 1. The molecule has 2 N–H and O–H groups in total. The van der Waals surface area contributed by atoms with E-state index in [1.165, 1.54) is 11.0 Å². The van der Waals surface area contributed by atoms with Crippen LogP contribution < -0.4 is 5.32 Å². The number of anilines is 1. The molecule has 1 aromatic carbocycles. The topological polar surface area (TPSA) is 78.9 Å². The Morgan fingerprint density at radius 3 is 2.68 bits per heavy atom. The molecule has 6 nitrogen and oxygen atoms in total. The molecule has 2 amide bonds. The van der Waals surface area contributed by atoms with Crippen LogP contribution in [0.25, 0.3) is 0 Å². The van der Waals surface area contributed by atoms with Gasteiger partial charge in [0.15, 0.2) is 0 Å². The molecular weight excluding hydrogens is 248 g/mol. The van der Waals surface area contributed by atoms with Gasteiger partial charge in [0.25, 0.3) is 0 Å². The van der Waals surface area contributed by atoms with E-state index in [9.17, 15) is 9.59 Å². The van der Waals surface area contributed by atoms with Crippen LogP contribution in [0, 0.1) is 6.92 Å². The minimum Gasteiger partial charge on any atom is -0.478 e. The molecule has 1 aromatic rings. The lowest BCUT2D eigenvalue weighted by Crippen LogP contribution is -2.34. The smallest absolute Gasteiger partial charge is 0.337 e. The number of urea groups is 1. The molecule has 0 spiro atoms. The Hall–Kier alpha value is -2.08. The number of hydrogen-bond acceptors (Lipinski definition) is 3. The standard InChI is InChI=1S/C13H18N2O4/c1-9-4-5-11(10(8-9)12(16)17)14-13(18)15(2)6-7-19-3/h4-5,8H,6-7H2,1-3H3,(H,14,18)(H,16,17). The summed E-state index contributed by atoms with van der Waals surface area (Å²) in [5.41, 5.74) is 1.18. The van der Waals surface area contributed by atoms with Crippen LogP contribution in [-0.4, -0.2) is 49.3 Å². The molecule has 0 bridgehead atoms. The van der Waals surface area contributed by atoms with E-state index in [2.05, 4.69) is 5.32 Å². The summed E-state index contributed by atoms with van der Waals surface area (Å²) in [6.07, 6.45) is 0. The summed E-state index contributed by atoms with van der Waals surface area (Å²) in [4.78, 5) is 24.4. The first-order valence-corrected chi connectivity index (χ1v) is 5.80. The minimum absolute atomic E-state index is 0.0773. The van der Waals surface area contributed by atoms with Gasteiger partial charge in [0.05, 0.1) is 17.9 Å². The number of nitrogens with zero attached hydrogens (tertiary/aromatic N) is 1. The Bertz CT molecular complexity index is 474. The third-order valence-corrected chi connectivity index (χ3v) is 2.62. The fraction of sp³-hybridized carbons (Fsp3) is 0.385. The second-order valence-electron chi connectivity index (χ2n) is 4.20. The van der Waals surface area contributed by atoms with Crippen molar-refractivity contribution in [2.24, 2.45) is 0 Å². The fourth-order valence-corrected chi connectivity index (χ4v) is 1.48. The quantitative estimate of drug-likeness (QED) is 0.851. The van der Waals surface area contributed by atoms with E-state index in [1.54, 1.807) is 33.2 Å². The third kappa shape index (κ3) is 4.26. The molecule has 19 heavy (non-hydrogen) atoms. The number of likely N-dealkylation sites (N-methyl/N-ethyl adjacent to an activating group) is 1. The van der Waals surface area contributed by atoms with Crippen molar-refractivity contribution in [1.29, 1.82) is 0 Å². The number of carboxylic acids is 1. The van der Waals surface area contributed by atoms with E-state index in [0.717, 1.165) is 5.56 Å². The number of hydrogen-bond donors (Lipinski definition) is 2. The Morgan fingerprint density at radius 2 is 2.11 bits per heavy atom. The molecule has 0 aliphatic rings. The lowest BCUT2D eigenvalue weighted by molar-refractivity contribution is 0.0698. The number of nitrogens with one attached hydrogen (secondary N) is 1. The highest BCUT2D eigenvalue weighted by Gasteiger charge is 2.14. The highest BCUT2D eigenvalue weighted by atomic mass is 16.5. The fourth-order valence-electron chi connectivity index (χ4n) is 1.48. The van der Waals surface area contributed by atoms with Crippen molar-refractivity contribution in [3.63, 3.8) is 0 Å². The first-order chi connectivity index (χ1) is 8.95. The number of benzene rings is 1. The van der Waals surface area contributed by atoms with Crippen LogP contribution in [0.2, 0.25) is 0 Å². The van der Waals surface area contributed by atoms with Crippen LogP contribution in [0.1, 0.15) is 15.9 Å². The van der Waals surface area contributed by atoms with E-state index < -0.39 is 5.97 Å². The van der Waals surface area contributed by atoms with E-state index in [4.69, 9.17) is 9.84 Å². The summed E-state index contributed by atoms with van der Waals surface area (Å²) in [5, 5.41) is 11.7. The van der Waals surface area contributed by atoms with Gasteiger partial charge < -0.3 is 20.1 Å². The van der Waals surface area contributed by atoms with Gasteiger partial charge in [-0.3, -0.25) is 0 Å². The average molecular weight is 266 g/mol. The Labute approximate surface area is 112 Å². The molecule has 0 atom stereocenters. The summed E-state index contributed by atoms with van der Waals surface area (Å²) >= 11 is 0. The molecule has 0 radical (unpaired) electrons. The van der Waals surface area contributed by atoms with Gasteiger partial charge in [-0.15, -0.1) is 0 Å². The molecule has 1 rings (SSSR count). The maximum absolute atomic E-state index is 11.8. The summed E-state index contributed by atoms with van der Waals surface area (Å²) in [6, 6.07) is 4.48. The molecule has 0 aromatic heterocycles. The van der Waals surface area contributed by atoms with Crippen LogP contribution in [0.5, 0.6) is 0 Å². The maximum atomic E-state index is 11.8. The molecule has 0 unspecified atom stereocenters. The number of carbonyl (C=O) groups is 2. The van der Waals surface area contributed by atoms with Gasteiger partial charge >= 0.3 is 12.0 Å². The largest absolute Gasteiger partial charge is 0.478 e. The van der Waals surface area contributed by atoms with Crippen molar-refractivity contribution in [3.05, 3.63) is 29.3 Å². The lowest BCUT2D eigenvalue weighted by Gasteiger charge is -2.18. The Morgan fingerprint density at radius 1 is 1.42 bits per heavy atom. The van der Waals surface area contributed by atoms with Crippen molar-refractivity contribution >= 4 is 17.7 Å². The van der Waals surface area contributed by atoms with Crippen LogP contribution in [0.15, 0.2) is 18.2 Å². The maximum Gasteiger partial charge on any atom is 0.337 e. The van der Waals surface area contributed by atoms with Gasteiger partial charge in [-0.25, -0.2) is 9.59 Å². The lowest BCUT2D eigenvalue weighted by atomic mass is 10.1. The van der Waals surface area contributed by atoms with Crippen LogP contribution >= 0.6 is 0 Å². The molecule has 104 valence electrons. The Kier molecular flexibility index (Phi) is 5.32. The molecular formula is C13H18N2O4. The monoisotopic (exact) mass is 266 g/mol. The van der Waals surface area contributed by atoms with E-state index in [0.29, 0.717) is 13.2 Å². The Balaban J connectivity index is 2.81. The summed E-state index contributed by atoms with van der Waals surface area (Å²) in [5.74, 6) is -1.07. The molecule has 6 heteroatoms. The predicted molar refractivity (Wildman–Crippen MR) is 71.7 cm³/mol. The van der Waals surface area contributed by atoms with Gasteiger partial charge in [0, 0.05) is 20.7 Å². The molecule has 0 saturated carbocycles. The summed E-state index contributed by atoms with van der Waals surface area (Å²) in [7, 11) is 3.16. The molecule has 0 saturated heterocycles. The van der Waals surface area contributed by atoms with Gasteiger partial charge in [-0.1, -0.05) is 11.6 Å². The normalized spacial score (nSPS) is 10.1. The van der Waals surface area contributed by atoms with E-state index in [-0.39, 0.29) is 17.3 Å². The summed E-state index contributed by atoms with van der Waals surface area (Å²) in [6.45, 7) is 2.64. The van der Waals surface area contributed by atoms with Crippen molar-refractivity contribution in [2.75, 3.05) is 32.6 Å². The van der Waals surface area contributed by atoms with Crippen molar-refractivity contribution in [1.82, 2.24) is 4.90 Å². The molecule has 0 aliphatic heterocycles. The number of ether oxygens (including phenoxy) is 1. The van der Waals surface area contributed by atoms with Crippen molar-refractivity contribution in [3.8, 4) is 0 Å². The van der Waals surface area contributed by atoms with Crippen molar-refractivity contribution < 1.29 is 19.4 Å². The number of aromatic carboxylic acids is 1. The van der Waals surface area contributed by atoms with Gasteiger partial charge in [-0.2, -0.15) is 0 Å². The zero-order valence-corrected chi connectivity index (χ0v) is 11.3. The van der Waals surface area contributed by atoms with Crippen LogP contribution in [0.4, 0.5) is 10.5 Å². The van der Waals surface area contributed by atoms with Gasteiger partial charge in [0.1, 0.15) is 0 Å². The number of rotatable bonds is 5. The first kappa shape index (κ1) is 15.0. The van der Waals surface area contributed by atoms with E-state index in [1.807, 2.05) is 0 Å². The predicted octanol–water partition coefficient (Wildman–Crippen LogP) is 1.80. The second-order valence-corrected chi connectivity index (χ2v) is 4.20. The summed E-state index contributed by atoms with van der Waals surface area (Å²) < 4.78 is 4.87. The zero-order chi connectivity index (χ0) is 14.4. The van der Waals surface area contributed by atoms with Gasteiger partial charge in [-0.05, 0) is 19.1 Å². The van der Waals surface area contributed by atoms with E-state index >= 15 is 0 Å². The molecule has 0 aliphatic carbocycles. The molecule has 0 heterocycles.